The standard InChI is InChI=1S/C14H10ClF3O2/c15-13(10-4-2-1-3-5-10)19-11-6-8-12(9-7-11)20-14(16,17)18/h1-9,13H. The van der Waals surface area contributed by atoms with Crippen LogP contribution in [0.5, 0.6) is 11.5 Å². The Hall–Kier alpha value is -1.88. The van der Waals surface area contributed by atoms with Crippen LogP contribution in [0.4, 0.5) is 13.2 Å². The first-order chi connectivity index (χ1) is 9.44. The van der Waals surface area contributed by atoms with Crippen LogP contribution in [0.2, 0.25) is 0 Å². The fourth-order valence-corrected chi connectivity index (χ4v) is 1.76. The van der Waals surface area contributed by atoms with Crippen LogP contribution < -0.4 is 9.47 Å². The normalized spacial score (nSPS) is 12.8. The van der Waals surface area contributed by atoms with E-state index in [9.17, 15) is 13.2 Å². The molecule has 1 atom stereocenters. The zero-order valence-electron chi connectivity index (χ0n) is 10.1. The molecule has 106 valence electrons. The Balaban J connectivity index is 2.00. The Labute approximate surface area is 118 Å². The molecule has 0 heterocycles. The third-order valence-electron chi connectivity index (χ3n) is 2.36. The fraction of sp³-hybridized carbons (Fsp3) is 0.143. The lowest BCUT2D eigenvalue weighted by Gasteiger charge is -2.14. The molecule has 2 rings (SSSR count). The summed E-state index contributed by atoms with van der Waals surface area (Å²) in [6, 6.07) is 14.1. The molecule has 0 amide bonds. The quantitative estimate of drug-likeness (QED) is 0.748. The molecule has 1 unspecified atom stereocenters. The summed E-state index contributed by atoms with van der Waals surface area (Å²) in [7, 11) is 0. The molecular formula is C14H10ClF3O2. The second kappa shape index (κ2) is 6.05. The van der Waals surface area contributed by atoms with Crippen molar-refractivity contribution in [3.63, 3.8) is 0 Å². The number of halogens is 4. The summed E-state index contributed by atoms with van der Waals surface area (Å²) in [5, 5.41) is 0. The van der Waals surface area contributed by atoms with Crippen molar-refractivity contribution in [2.45, 2.75) is 11.9 Å². The van der Waals surface area contributed by atoms with Crippen LogP contribution >= 0.6 is 11.6 Å². The largest absolute Gasteiger partial charge is 0.573 e. The highest BCUT2D eigenvalue weighted by atomic mass is 35.5. The summed E-state index contributed by atoms with van der Waals surface area (Å²) >= 11 is 6.05. The Bertz CT molecular complexity index is 541. The number of benzene rings is 2. The van der Waals surface area contributed by atoms with E-state index in [1.54, 1.807) is 12.1 Å². The minimum atomic E-state index is -4.71. The second-order valence-corrected chi connectivity index (χ2v) is 4.26. The molecule has 0 saturated heterocycles. The number of hydrogen-bond acceptors (Lipinski definition) is 2. The number of ether oxygens (including phenoxy) is 2. The van der Waals surface area contributed by atoms with Gasteiger partial charge in [0.15, 0.2) is 5.56 Å². The third kappa shape index (κ3) is 4.35. The van der Waals surface area contributed by atoms with Gasteiger partial charge in [-0.2, -0.15) is 0 Å². The third-order valence-corrected chi connectivity index (χ3v) is 2.70. The van der Waals surface area contributed by atoms with E-state index in [0.29, 0.717) is 5.75 Å². The first-order valence-corrected chi connectivity index (χ1v) is 6.09. The SMILES string of the molecule is FC(F)(F)Oc1ccc(OC(Cl)c2ccccc2)cc1. The van der Waals surface area contributed by atoms with E-state index < -0.39 is 11.9 Å². The lowest BCUT2D eigenvalue weighted by atomic mass is 10.2. The van der Waals surface area contributed by atoms with Crippen molar-refractivity contribution < 1.29 is 22.6 Å². The molecular weight excluding hydrogens is 293 g/mol. The summed E-state index contributed by atoms with van der Waals surface area (Å²) in [5.74, 6) is 0.0408. The van der Waals surface area contributed by atoms with E-state index in [1.165, 1.54) is 12.1 Å². The molecule has 0 aliphatic rings. The first kappa shape index (κ1) is 14.5. The summed E-state index contributed by atoms with van der Waals surface area (Å²) in [6.07, 6.45) is -4.71. The van der Waals surface area contributed by atoms with E-state index in [4.69, 9.17) is 16.3 Å². The van der Waals surface area contributed by atoms with E-state index in [2.05, 4.69) is 4.74 Å². The highest BCUT2D eigenvalue weighted by Gasteiger charge is 2.31. The van der Waals surface area contributed by atoms with Gasteiger partial charge >= 0.3 is 6.36 Å². The molecule has 0 fully saturated rings. The average molecular weight is 303 g/mol. The lowest BCUT2D eigenvalue weighted by Crippen LogP contribution is -2.16. The molecule has 6 heteroatoms. The van der Waals surface area contributed by atoms with Crippen LogP contribution in [0.25, 0.3) is 0 Å². The van der Waals surface area contributed by atoms with Gasteiger partial charge in [-0.3, -0.25) is 0 Å². The smallest absolute Gasteiger partial charge is 0.470 e. The van der Waals surface area contributed by atoms with Crippen LogP contribution in [0.1, 0.15) is 11.1 Å². The number of rotatable bonds is 4. The molecule has 0 aromatic heterocycles. The average Bonchev–Trinajstić information content (AvgIpc) is 2.40. The molecule has 0 aliphatic carbocycles. The van der Waals surface area contributed by atoms with Crippen LogP contribution in [-0.2, 0) is 0 Å². The van der Waals surface area contributed by atoms with E-state index in [-0.39, 0.29) is 5.75 Å². The Morgan fingerprint density at radius 3 is 1.95 bits per heavy atom. The molecule has 0 N–H and O–H groups in total. The monoisotopic (exact) mass is 302 g/mol. The van der Waals surface area contributed by atoms with Gasteiger partial charge in [0.25, 0.3) is 0 Å². The maximum atomic E-state index is 12.0. The molecule has 0 saturated carbocycles. The molecule has 0 spiro atoms. The Kier molecular flexibility index (Phi) is 4.39. The molecule has 0 radical (unpaired) electrons. The van der Waals surface area contributed by atoms with Gasteiger partial charge in [0.05, 0.1) is 0 Å². The number of alkyl halides is 4. The maximum absolute atomic E-state index is 12.0. The Morgan fingerprint density at radius 2 is 1.40 bits per heavy atom. The minimum absolute atomic E-state index is 0.310. The highest BCUT2D eigenvalue weighted by Crippen LogP contribution is 2.28. The van der Waals surface area contributed by atoms with Crippen molar-refractivity contribution in [3.8, 4) is 11.5 Å². The van der Waals surface area contributed by atoms with Gasteiger partial charge in [-0.1, -0.05) is 41.9 Å². The van der Waals surface area contributed by atoms with Crippen LogP contribution in [-0.4, -0.2) is 6.36 Å². The molecule has 2 nitrogen and oxygen atoms in total. The van der Waals surface area contributed by atoms with Crippen molar-refractivity contribution in [2.75, 3.05) is 0 Å². The maximum Gasteiger partial charge on any atom is 0.573 e. The van der Waals surface area contributed by atoms with Crippen molar-refractivity contribution in [1.82, 2.24) is 0 Å². The van der Waals surface area contributed by atoms with Gasteiger partial charge in [-0.25, -0.2) is 0 Å². The summed E-state index contributed by atoms with van der Waals surface area (Å²) < 4.78 is 45.2. The van der Waals surface area contributed by atoms with Crippen molar-refractivity contribution >= 4 is 11.6 Å². The molecule has 0 aliphatic heterocycles. The zero-order valence-corrected chi connectivity index (χ0v) is 10.9. The fourth-order valence-electron chi connectivity index (χ4n) is 1.51. The topological polar surface area (TPSA) is 18.5 Å². The van der Waals surface area contributed by atoms with Crippen molar-refractivity contribution in [1.29, 1.82) is 0 Å². The Morgan fingerprint density at radius 1 is 0.850 bits per heavy atom. The van der Waals surface area contributed by atoms with E-state index in [1.807, 2.05) is 18.2 Å². The van der Waals surface area contributed by atoms with E-state index in [0.717, 1.165) is 17.7 Å². The number of hydrogen-bond donors (Lipinski definition) is 0. The van der Waals surface area contributed by atoms with Crippen LogP contribution in [0.15, 0.2) is 54.6 Å². The van der Waals surface area contributed by atoms with Crippen molar-refractivity contribution in [3.05, 3.63) is 60.2 Å². The van der Waals surface area contributed by atoms with Crippen LogP contribution in [0.3, 0.4) is 0 Å². The zero-order chi connectivity index (χ0) is 14.6. The summed E-state index contributed by atoms with van der Waals surface area (Å²) in [4.78, 5) is 0. The van der Waals surface area contributed by atoms with Gasteiger partial charge in [0.1, 0.15) is 11.5 Å². The van der Waals surface area contributed by atoms with Gasteiger partial charge in [-0.05, 0) is 24.3 Å². The summed E-state index contributed by atoms with van der Waals surface area (Å²) in [5.41, 5.74) is 0.0374. The second-order valence-electron chi connectivity index (χ2n) is 3.86. The lowest BCUT2D eigenvalue weighted by molar-refractivity contribution is -0.274. The predicted molar refractivity (Wildman–Crippen MR) is 68.8 cm³/mol. The van der Waals surface area contributed by atoms with Crippen molar-refractivity contribution in [2.24, 2.45) is 0 Å². The predicted octanol–water partition coefficient (Wildman–Crippen LogP) is 4.90. The van der Waals surface area contributed by atoms with Gasteiger partial charge in [-0.15, -0.1) is 13.2 Å². The molecule has 2 aromatic rings. The van der Waals surface area contributed by atoms with Gasteiger partial charge < -0.3 is 9.47 Å². The van der Waals surface area contributed by atoms with Crippen LogP contribution in [0, 0.1) is 0 Å². The van der Waals surface area contributed by atoms with Gasteiger partial charge in [0.2, 0.25) is 0 Å². The highest BCUT2D eigenvalue weighted by molar-refractivity contribution is 6.20. The van der Waals surface area contributed by atoms with E-state index >= 15 is 0 Å². The minimum Gasteiger partial charge on any atom is -0.470 e. The first-order valence-electron chi connectivity index (χ1n) is 5.65. The molecule has 20 heavy (non-hydrogen) atoms. The van der Waals surface area contributed by atoms with Gasteiger partial charge in [0, 0.05) is 5.56 Å². The summed E-state index contributed by atoms with van der Waals surface area (Å²) in [6.45, 7) is 0. The molecule has 2 aromatic carbocycles. The molecule has 0 bridgehead atoms.